The standard InChI is InChI=1S/C23H20N4O5S/c1-14-10-17(15(2)27(14)20-6-8-21(9-7-20)33(25,31)32)11-18(13-24)22(28)26-19-5-3-4-16(12-19)23(29)30/h3-12H,1-2H3,(H,26,28)(H,29,30)(H2,25,31,32)/b18-11-. The summed E-state index contributed by atoms with van der Waals surface area (Å²) >= 11 is 0. The lowest BCUT2D eigenvalue weighted by Gasteiger charge is -2.10. The Morgan fingerprint density at radius 1 is 1.12 bits per heavy atom. The number of nitrogens with zero attached hydrogens (tertiary/aromatic N) is 2. The SMILES string of the molecule is Cc1cc(/C=C(/C#N)C(=O)Nc2cccc(C(=O)O)c2)c(C)n1-c1ccc(S(N)(=O)=O)cc1. The molecule has 0 spiro atoms. The van der Waals surface area contributed by atoms with E-state index < -0.39 is 21.9 Å². The molecule has 0 fully saturated rings. The number of anilines is 1. The number of carbonyl (C=O) groups excluding carboxylic acids is 1. The van der Waals surface area contributed by atoms with Gasteiger partial charge in [0.15, 0.2) is 0 Å². The summed E-state index contributed by atoms with van der Waals surface area (Å²) in [4.78, 5) is 23.7. The maximum atomic E-state index is 12.6. The summed E-state index contributed by atoms with van der Waals surface area (Å²) in [6.07, 6.45) is 1.44. The van der Waals surface area contributed by atoms with Gasteiger partial charge in [-0.25, -0.2) is 18.4 Å². The fourth-order valence-electron chi connectivity index (χ4n) is 3.35. The Morgan fingerprint density at radius 2 is 1.79 bits per heavy atom. The molecular formula is C23H20N4O5S. The fourth-order valence-corrected chi connectivity index (χ4v) is 3.86. The second-order valence-corrected chi connectivity index (χ2v) is 8.77. The molecule has 9 nitrogen and oxygen atoms in total. The van der Waals surface area contributed by atoms with Crippen molar-refractivity contribution in [2.24, 2.45) is 5.14 Å². The van der Waals surface area contributed by atoms with Crippen LogP contribution in [-0.2, 0) is 14.8 Å². The van der Waals surface area contributed by atoms with Crippen molar-refractivity contribution in [3.05, 3.63) is 82.7 Å². The molecule has 0 aliphatic carbocycles. The van der Waals surface area contributed by atoms with Crippen LogP contribution in [0.25, 0.3) is 11.8 Å². The molecule has 0 bridgehead atoms. The lowest BCUT2D eigenvalue weighted by atomic mass is 10.1. The van der Waals surface area contributed by atoms with Crippen LogP contribution >= 0.6 is 0 Å². The third-order valence-electron chi connectivity index (χ3n) is 4.93. The average molecular weight is 465 g/mol. The molecule has 4 N–H and O–H groups in total. The number of hydrogen-bond acceptors (Lipinski definition) is 5. The minimum atomic E-state index is -3.81. The Bertz CT molecular complexity index is 1430. The van der Waals surface area contributed by atoms with Gasteiger partial charge in [0, 0.05) is 22.8 Å². The summed E-state index contributed by atoms with van der Waals surface area (Å²) in [6.45, 7) is 3.64. The zero-order valence-corrected chi connectivity index (χ0v) is 18.6. The fraction of sp³-hybridized carbons (Fsp3) is 0.0870. The van der Waals surface area contributed by atoms with Gasteiger partial charge in [-0.1, -0.05) is 6.07 Å². The second-order valence-electron chi connectivity index (χ2n) is 7.21. The third-order valence-corrected chi connectivity index (χ3v) is 5.86. The van der Waals surface area contributed by atoms with Crippen LogP contribution in [0.15, 0.2) is 65.1 Å². The van der Waals surface area contributed by atoms with Crippen LogP contribution < -0.4 is 10.5 Å². The number of aromatic nitrogens is 1. The first-order chi connectivity index (χ1) is 15.5. The molecule has 1 heterocycles. The largest absolute Gasteiger partial charge is 0.478 e. The predicted molar refractivity (Wildman–Crippen MR) is 122 cm³/mol. The van der Waals surface area contributed by atoms with Gasteiger partial charge in [0.25, 0.3) is 5.91 Å². The van der Waals surface area contributed by atoms with E-state index in [4.69, 9.17) is 10.2 Å². The zero-order chi connectivity index (χ0) is 24.3. The first-order valence-electron chi connectivity index (χ1n) is 9.60. The van der Waals surface area contributed by atoms with Crippen molar-refractivity contribution >= 4 is 33.7 Å². The third kappa shape index (κ3) is 5.17. The highest BCUT2D eigenvalue weighted by Gasteiger charge is 2.15. The average Bonchev–Trinajstić information content (AvgIpc) is 3.04. The quantitative estimate of drug-likeness (QED) is 0.376. The lowest BCUT2D eigenvalue weighted by Crippen LogP contribution is -2.14. The number of aromatic carboxylic acids is 1. The van der Waals surface area contributed by atoms with Gasteiger partial charge >= 0.3 is 5.97 Å². The zero-order valence-electron chi connectivity index (χ0n) is 17.7. The maximum absolute atomic E-state index is 12.6. The number of carbonyl (C=O) groups is 2. The summed E-state index contributed by atoms with van der Waals surface area (Å²) in [5, 5.41) is 26.3. The van der Waals surface area contributed by atoms with E-state index in [-0.39, 0.29) is 21.7 Å². The number of benzene rings is 2. The van der Waals surface area contributed by atoms with Crippen LogP contribution in [0.4, 0.5) is 5.69 Å². The summed E-state index contributed by atoms with van der Waals surface area (Å²) in [6, 6.07) is 15.4. The number of amides is 1. The normalized spacial score (nSPS) is 11.6. The number of carboxylic acid groups (broad SMARTS) is 1. The molecular weight excluding hydrogens is 444 g/mol. The van der Waals surface area contributed by atoms with Crippen molar-refractivity contribution in [2.45, 2.75) is 18.7 Å². The van der Waals surface area contributed by atoms with E-state index in [1.807, 2.05) is 17.6 Å². The molecule has 1 aromatic heterocycles. The van der Waals surface area contributed by atoms with Crippen LogP contribution in [0.1, 0.15) is 27.3 Å². The molecule has 0 aliphatic rings. The Kier molecular flexibility index (Phi) is 6.48. The van der Waals surface area contributed by atoms with E-state index in [0.29, 0.717) is 11.3 Å². The number of primary sulfonamides is 1. The molecule has 0 atom stereocenters. The number of aryl methyl sites for hydroxylation is 1. The first kappa shape index (κ1) is 23.5. The van der Waals surface area contributed by atoms with Gasteiger partial charge in [0.1, 0.15) is 11.6 Å². The van der Waals surface area contributed by atoms with E-state index >= 15 is 0 Å². The van der Waals surface area contributed by atoms with Crippen molar-refractivity contribution < 1.29 is 23.1 Å². The maximum Gasteiger partial charge on any atom is 0.335 e. The van der Waals surface area contributed by atoms with Crippen LogP contribution in [0.2, 0.25) is 0 Å². The van der Waals surface area contributed by atoms with Crippen molar-refractivity contribution in [3.8, 4) is 11.8 Å². The number of nitrogens with two attached hydrogens (primary N) is 1. The minimum Gasteiger partial charge on any atom is -0.478 e. The van der Waals surface area contributed by atoms with E-state index in [0.717, 1.165) is 11.4 Å². The molecule has 0 radical (unpaired) electrons. The molecule has 0 saturated carbocycles. The topological polar surface area (TPSA) is 155 Å². The Morgan fingerprint density at radius 3 is 2.36 bits per heavy atom. The highest BCUT2D eigenvalue weighted by Crippen LogP contribution is 2.24. The number of nitrogens with one attached hydrogen (secondary N) is 1. The number of nitriles is 1. The monoisotopic (exact) mass is 464 g/mol. The van der Waals surface area contributed by atoms with E-state index in [9.17, 15) is 23.3 Å². The van der Waals surface area contributed by atoms with E-state index in [1.165, 1.54) is 42.5 Å². The smallest absolute Gasteiger partial charge is 0.335 e. The van der Waals surface area contributed by atoms with Gasteiger partial charge in [-0.05, 0) is 74.0 Å². The van der Waals surface area contributed by atoms with Crippen molar-refractivity contribution in [1.82, 2.24) is 4.57 Å². The van der Waals surface area contributed by atoms with Gasteiger partial charge < -0.3 is 15.0 Å². The van der Waals surface area contributed by atoms with Crippen LogP contribution in [0.3, 0.4) is 0 Å². The predicted octanol–water partition coefficient (Wildman–Crippen LogP) is 2.99. The van der Waals surface area contributed by atoms with Crippen LogP contribution in [0.5, 0.6) is 0 Å². The first-order valence-corrected chi connectivity index (χ1v) is 11.1. The van der Waals surface area contributed by atoms with Gasteiger partial charge in [-0.2, -0.15) is 5.26 Å². The molecule has 3 rings (SSSR count). The van der Waals surface area contributed by atoms with Crippen LogP contribution in [-0.4, -0.2) is 30.0 Å². The molecule has 3 aromatic rings. The molecule has 0 unspecified atom stereocenters. The molecule has 2 aromatic carbocycles. The van der Waals surface area contributed by atoms with Gasteiger partial charge in [-0.15, -0.1) is 0 Å². The number of carboxylic acids is 1. The summed E-state index contributed by atoms with van der Waals surface area (Å²) in [5.41, 5.74) is 2.92. The van der Waals surface area contributed by atoms with Gasteiger partial charge in [0.05, 0.1) is 10.5 Å². The van der Waals surface area contributed by atoms with E-state index in [2.05, 4.69) is 5.32 Å². The second kappa shape index (κ2) is 9.12. The molecule has 33 heavy (non-hydrogen) atoms. The summed E-state index contributed by atoms with van der Waals surface area (Å²) in [5.74, 6) is -1.81. The molecule has 0 aliphatic heterocycles. The highest BCUT2D eigenvalue weighted by molar-refractivity contribution is 7.89. The van der Waals surface area contributed by atoms with Gasteiger partial charge in [0.2, 0.25) is 10.0 Å². The van der Waals surface area contributed by atoms with Crippen molar-refractivity contribution in [2.75, 3.05) is 5.32 Å². The minimum absolute atomic E-state index is 0.00675. The molecule has 0 saturated heterocycles. The summed E-state index contributed by atoms with van der Waals surface area (Å²) < 4.78 is 24.8. The van der Waals surface area contributed by atoms with Gasteiger partial charge in [-0.3, -0.25) is 4.79 Å². The number of hydrogen-bond donors (Lipinski definition) is 3. The number of rotatable bonds is 6. The lowest BCUT2D eigenvalue weighted by molar-refractivity contribution is -0.112. The molecule has 10 heteroatoms. The number of sulfonamides is 1. The highest BCUT2D eigenvalue weighted by atomic mass is 32.2. The Hall–Kier alpha value is -4.20. The van der Waals surface area contributed by atoms with Crippen LogP contribution in [0, 0.1) is 25.2 Å². The Labute approximate surface area is 190 Å². The van der Waals surface area contributed by atoms with Crippen molar-refractivity contribution in [1.29, 1.82) is 5.26 Å². The Balaban J connectivity index is 1.92. The van der Waals surface area contributed by atoms with Crippen molar-refractivity contribution in [3.63, 3.8) is 0 Å². The van der Waals surface area contributed by atoms with E-state index in [1.54, 1.807) is 25.1 Å². The molecule has 1 amide bonds. The summed E-state index contributed by atoms with van der Waals surface area (Å²) in [7, 11) is -3.81. The molecule has 168 valence electrons.